The molecule has 0 saturated heterocycles. The first kappa shape index (κ1) is 15.7. The molecule has 0 saturated carbocycles. The van der Waals surface area contributed by atoms with Crippen LogP contribution in [0.25, 0.3) is 0 Å². The summed E-state index contributed by atoms with van der Waals surface area (Å²) in [5, 5.41) is 3.95. The van der Waals surface area contributed by atoms with E-state index < -0.39 is 0 Å². The summed E-state index contributed by atoms with van der Waals surface area (Å²) in [5.74, 6) is 0.457. The lowest BCUT2D eigenvalue weighted by atomic mass is 10.2. The Morgan fingerprint density at radius 1 is 1.19 bits per heavy atom. The summed E-state index contributed by atoms with van der Waals surface area (Å²) in [6.07, 6.45) is 1.57. The molecule has 2 aromatic carbocycles. The van der Waals surface area contributed by atoms with Crippen molar-refractivity contribution in [2.24, 2.45) is 5.10 Å². The highest BCUT2D eigenvalue weighted by Gasteiger charge is 2.07. The normalized spacial score (nSPS) is 10.6. The standard InChI is InChI=1S/C15H12Br2N2O2/c1-21-14-12(16)7-10(8-13(14)17)9-18-19-15(20)11-5-3-2-4-6-11/h2-9H,1H3,(H,19,20)/b18-9+. The van der Waals surface area contributed by atoms with Crippen LogP contribution >= 0.6 is 31.9 Å². The average Bonchev–Trinajstić information content (AvgIpc) is 2.48. The van der Waals surface area contributed by atoms with Crippen LogP contribution in [0.4, 0.5) is 0 Å². The molecular formula is C15H12Br2N2O2. The van der Waals surface area contributed by atoms with Gasteiger partial charge in [-0.25, -0.2) is 5.43 Å². The number of amides is 1. The molecule has 0 unspecified atom stereocenters. The van der Waals surface area contributed by atoms with E-state index in [-0.39, 0.29) is 5.91 Å². The molecule has 0 heterocycles. The number of ether oxygens (including phenoxy) is 1. The van der Waals surface area contributed by atoms with E-state index in [4.69, 9.17) is 4.74 Å². The number of hydrogen-bond acceptors (Lipinski definition) is 3. The molecule has 108 valence electrons. The lowest BCUT2D eigenvalue weighted by Gasteiger charge is -2.06. The van der Waals surface area contributed by atoms with Crippen molar-refractivity contribution in [3.63, 3.8) is 0 Å². The maximum Gasteiger partial charge on any atom is 0.271 e. The molecule has 6 heteroatoms. The van der Waals surface area contributed by atoms with Crippen molar-refractivity contribution in [2.75, 3.05) is 7.11 Å². The molecule has 21 heavy (non-hydrogen) atoms. The van der Waals surface area contributed by atoms with Gasteiger partial charge in [-0.3, -0.25) is 4.79 Å². The van der Waals surface area contributed by atoms with Crippen LogP contribution in [0.1, 0.15) is 15.9 Å². The Morgan fingerprint density at radius 2 is 1.81 bits per heavy atom. The summed E-state index contributed by atoms with van der Waals surface area (Å²) >= 11 is 6.82. The van der Waals surface area contributed by atoms with E-state index in [1.54, 1.807) is 37.6 Å². The van der Waals surface area contributed by atoms with Gasteiger partial charge >= 0.3 is 0 Å². The van der Waals surface area contributed by atoms with Crippen molar-refractivity contribution in [3.05, 3.63) is 62.5 Å². The highest BCUT2D eigenvalue weighted by molar-refractivity contribution is 9.11. The first-order chi connectivity index (χ1) is 10.1. The summed E-state index contributed by atoms with van der Waals surface area (Å²) in [7, 11) is 1.60. The van der Waals surface area contributed by atoms with Gasteiger partial charge in [0.25, 0.3) is 5.91 Å². The average molecular weight is 412 g/mol. The van der Waals surface area contributed by atoms with Crippen molar-refractivity contribution < 1.29 is 9.53 Å². The fourth-order valence-corrected chi connectivity index (χ4v) is 3.21. The predicted octanol–water partition coefficient (Wildman–Crippen LogP) is 3.98. The zero-order valence-corrected chi connectivity index (χ0v) is 14.3. The fraction of sp³-hybridized carbons (Fsp3) is 0.0667. The molecule has 0 aliphatic carbocycles. The number of rotatable bonds is 4. The summed E-state index contributed by atoms with van der Waals surface area (Å²) in [5.41, 5.74) is 3.87. The van der Waals surface area contributed by atoms with Crippen LogP contribution in [-0.4, -0.2) is 19.2 Å². The monoisotopic (exact) mass is 410 g/mol. The molecule has 0 radical (unpaired) electrons. The van der Waals surface area contributed by atoms with Gasteiger partial charge in [-0.1, -0.05) is 18.2 Å². The minimum absolute atomic E-state index is 0.251. The highest BCUT2D eigenvalue weighted by atomic mass is 79.9. The zero-order valence-electron chi connectivity index (χ0n) is 11.1. The molecule has 0 bridgehead atoms. The lowest BCUT2D eigenvalue weighted by molar-refractivity contribution is 0.0955. The van der Waals surface area contributed by atoms with Gasteiger partial charge in [0.05, 0.1) is 22.3 Å². The van der Waals surface area contributed by atoms with Crippen LogP contribution in [-0.2, 0) is 0 Å². The smallest absolute Gasteiger partial charge is 0.271 e. The van der Waals surface area contributed by atoms with Crippen molar-refractivity contribution in [1.82, 2.24) is 5.43 Å². The van der Waals surface area contributed by atoms with E-state index in [0.717, 1.165) is 14.5 Å². The van der Waals surface area contributed by atoms with Crippen molar-refractivity contribution in [1.29, 1.82) is 0 Å². The summed E-state index contributed by atoms with van der Waals surface area (Å²) in [6, 6.07) is 12.6. The Morgan fingerprint density at radius 3 is 2.38 bits per heavy atom. The van der Waals surface area contributed by atoms with Gasteiger partial charge in [-0.2, -0.15) is 5.10 Å². The van der Waals surface area contributed by atoms with Gasteiger partial charge in [0.2, 0.25) is 0 Å². The van der Waals surface area contributed by atoms with E-state index in [9.17, 15) is 4.79 Å². The van der Waals surface area contributed by atoms with Crippen molar-refractivity contribution >= 4 is 44.0 Å². The van der Waals surface area contributed by atoms with Gasteiger partial charge in [0.15, 0.2) is 0 Å². The van der Waals surface area contributed by atoms with Crippen molar-refractivity contribution in [2.45, 2.75) is 0 Å². The van der Waals surface area contributed by atoms with E-state index in [2.05, 4.69) is 42.4 Å². The number of nitrogens with one attached hydrogen (secondary N) is 1. The first-order valence-corrected chi connectivity index (χ1v) is 7.62. The van der Waals surface area contributed by atoms with Crippen LogP contribution in [0.2, 0.25) is 0 Å². The second kappa shape index (κ2) is 7.38. The topological polar surface area (TPSA) is 50.7 Å². The van der Waals surface area contributed by atoms with E-state index in [1.165, 1.54) is 0 Å². The van der Waals surface area contributed by atoms with Gasteiger partial charge in [0, 0.05) is 5.56 Å². The number of halogens is 2. The van der Waals surface area contributed by atoms with Gasteiger partial charge in [0.1, 0.15) is 5.75 Å². The molecular weight excluding hydrogens is 400 g/mol. The van der Waals surface area contributed by atoms with Gasteiger partial charge in [-0.05, 0) is 61.7 Å². The van der Waals surface area contributed by atoms with Crippen molar-refractivity contribution in [3.8, 4) is 5.75 Å². The Hall–Kier alpha value is -1.66. The van der Waals surface area contributed by atoms with Gasteiger partial charge < -0.3 is 4.74 Å². The van der Waals surface area contributed by atoms with Crippen LogP contribution in [0, 0.1) is 0 Å². The number of methoxy groups -OCH3 is 1. The third-order valence-corrected chi connectivity index (χ3v) is 3.82. The molecule has 4 nitrogen and oxygen atoms in total. The highest BCUT2D eigenvalue weighted by Crippen LogP contribution is 2.33. The summed E-state index contributed by atoms with van der Waals surface area (Å²) in [6.45, 7) is 0. The molecule has 0 atom stereocenters. The van der Waals surface area contributed by atoms with E-state index in [1.807, 2.05) is 18.2 Å². The molecule has 0 aliphatic rings. The number of hydrogen-bond donors (Lipinski definition) is 1. The summed E-state index contributed by atoms with van der Waals surface area (Å²) < 4.78 is 6.83. The molecule has 0 fully saturated rings. The molecule has 2 rings (SSSR count). The quantitative estimate of drug-likeness (QED) is 0.610. The van der Waals surface area contributed by atoms with Crippen LogP contribution in [0.15, 0.2) is 56.5 Å². The minimum atomic E-state index is -0.251. The molecule has 0 aromatic heterocycles. The second-order valence-corrected chi connectivity index (χ2v) is 5.79. The molecule has 2 aromatic rings. The van der Waals surface area contributed by atoms with Crippen LogP contribution in [0.5, 0.6) is 5.75 Å². The zero-order chi connectivity index (χ0) is 15.2. The maximum atomic E-state index is 11.8. The molecule has 1 amide bonds. The number of carbonyl (C=O) groups excluding carboxylic acids is 1. The van der Waals surface area contributed by atoms with E-state index >= 15 is 0 Å². The molecule has 0 spiro atoms. The fourth-order valence-electron chi connectivity index (χ4n) is 1.67. The number of nitrogens with zero attached hydrogens (tertiary/aromatic N) is 1. The predicted molar refractivity (Wildman–Crippen MR) is 89.9 cm³/mol. The SMILES string of the molecule is COc1c(Br)cc(/C=N/NC(=O)c2ccccc2)cc1Br. The third-order valence-electron chi connectivity index (χ3n) is 2.64. The van der Waals surface area contributed by atoms with Crippen LogP contribution < -0.4 is 10.2 Å². The Labute approximate surface area is 139 Å². The first-order valence-electron chi connectivity index (χ1n) is 6.03. The van der Waals surface area contributed by atoms with Crippen LogP contribution in [0.3, 0.4) is 0 Å². The Kier molecular flexibility index (Phi) is 5.52. The Bertz CT molecular complexity index is 650. The van der Waals surface area contributed by atoms with E-state index in [0.29, 0.717) is 11.3 Å². The largest absolute Gasteiger partial charge is 0.494 e. The number of benzene rings is 2. The minimum Gasteiger partial charge on any atom is -0.494 e. The van der Waals surface area contributed by atoms with Gasteiger partial charge in [-0.15, -0.1) is 0 Å². The Balaban J connectivity index is 2.07. The summed E-state index contributed by atoms with van der Waals surface area (Å²) in [4.78, 5) is 11.8. The molecule has 1 N–H and O–H groups in total. The maximum absolute atomic E-state index is 11.8. The molecule has 0 aliphatic heterocycles. The number of hydrazone groups is 1. The lowest BCUT2D eigenvalue weighted by Crippen LogP contribution is -2.17. The second-order valence-electron chi connectivity index (χ2n) is 4.08. The third kappa shape index (κ3) is 4.15. The number of carbonyl (C=O) groups is 1.